The van der Waals surface area contributed by atoms with E-state index in [1.165, 1.54) is 0 Å². The molecular formula is C21H30F2O5. The molecule has 0 aromatic carbocycles. The fourth-order valence-corrected chi connectivity index (χ4v) is 5.60. The zero-order valence-corrected chi connectivity index (χ0v) is 16.7. The molecule has 4 aliphatic carbocycles. The molecule has 0 N–H and O–H groups in total. The van der Waals surface area contributed by atoms with E-state index in [1.54, 1.807) is 6.92 Å². The first-order chi connectivity index (χ1) is 13.1. The first-order valence-electron chi connectivity index (χ1n) is 10.5. The van der Waals surface area contributed by atoms with Crippen LogP contribution in [0.25, 0.3) is 0 Å². The predicted octanol–water partition coefficient (Wildman–Crippen LogP) is 4.28. The Morgan fingerprint density at radius 2 is 1.61 bits per heavy atom. The summed E-state index contributed by atoms with van der Waals surface area (Å²) in [6.07, 6.45) is 1.72. The van der Waals surface area contributed by atoms with Gasteiger partial charge in [-0.3, -0.25) is 9.59 Å². The van der Waals surface area contributed by atoms with Crippen molar-refractivity contribution in [3.8, 4) is 0 Å². The smallest absolute Gasteiger partial charge is 0.458 e. The number of carbonyl (C=O) groups is 3. The van der Waals surface area contributed by atoms with Crippen LogP contribution in [0.5, 0.6) is 0 Å². The maximum Gasteiger partial charge on any atom is 0.504 e. The van der Waals surface area contributed by atoms with Crippen LogP contribution in [0, 0.1) is 29.1 Å². The number of hydrogen-bond donors (Lipinski definition) is 0. The average Bonchev–Trinajstić information content (AvgIpc) is 2.62. The number of alkyl halides is 2. The largest absolute Gasteiger partial charge is 0.504 e. The third-order valence-electron chi connectivity index (χ3n) is 6.89. The van der Waals surface area contributed by atoms with Crippen molar-refractivity contribution in [2.45, 2.75) is 77.7 Å². The molecule has 4 rings (SSSR count). The summed E-state index contributed by atoms with van der Waals surface area (Å²) in [5, 5.41) is 0. The molecule has 5 nitrogen and oxygen atoms in total. The summed E-state index contributed by atoms with van der Waals surface area (Å²) in [7, 11) is 0. The number of Topliss-reactive ketones (excluding diaryl/α,β-unsaturated/α-hetero) is 1. The van der Waals surface area contributed by atoms with Gasteiger partial charge in [-0.15, -0.1) is 0 Å². The summed E-state index contributed by atoms with van der Waals surface area (Å²) in [5.74, 6) is -1.69. The minimum Gasteiger partial charge on any atom is -0.458 e. The fourth-order valence-electron chi connectivity index (χ4n) is 5.60. The van der Waals surface area contributed by atoms with Crippen LogP contribution in [-0.2, 0) is 23.9 Å². The Hall–Kier alpha value is -1.53. The number of ketones is 1. The van der Waals surface area contributed by atoms with Crippen molar-refractivity contribution in [3.63, 3.8) is 0 Å². The van der Waals surface area contributed by atoms with E-state index in [9.17, 15) is 23.2 Å². The second-order valence-electron chi connectivity index (χ2n) is 9.12. The number of ether oxygens (including phenoxy) is 2. The van der Waals surface area contributed by atoms with E-state index < -0.39 is 23.5 Å². The van der Waals surface area contributed by atoms with Crippen molar-refractivity contribution < 1.29 is 32.6 Å². The quantitative estimate of drug-likeness (QED) is 0.427. The van der Waals surface area contributed by atoms with E-state index in [0.717, 1.165) is 19.3 Å². The van der Waals surface area contributed by atoms with Gasteiger partial charge in [-0.1, -0.05) is 13.8 Å². The van der Waals surface area contributed by atoms with E-state index in [1.807, 2.05) is 6.92 Å². The molecule has 0 radical (unpaired) electrons. The van der Waals surface area contributed by atoms with Crippen molar-refractivity contribution in [2.24, 2.45) is 29.1 Å². The van der Waals surface area contributed by atoms with Crippen LogP contribution in [-0.4, -0.2) is 30.4 Å². The molecule has 4 bridgehead atoms. The van der Waals surface area contributed by atoms with E-state index in [4.69, 9.17) is 0 Å². The minimum atomic E-state index is -4.29. The van der Waals surface area contributed by atoms with Crippen molar-refractivity contribution in [3.05, 3.63) is 0 Å². The van der Waals surface area contributed by atoms with Crippen LogP contribution in [0.3, 0.4) is 0 Å². The fraction of sp³-hybridized carbons (Fsp3) is 0.857. The Labute approximate surface area is 164 Å². The summed E-state index contributed by atoms with van der Waals surface area (Å²) >= 11 is 0. The van der Waals surface area contributed by atoms with Crippen LogP contribution in [0.15, 0.2) is 0 Å². The molecule has 0 heterocycles. The standard InChI is InChI=1S/C21H30F2O5/c1-3-13(2)17(24)5-4-6-27-19(26)21(22,23)28-18(25)20-10-14-7-15(11-20)9-16(8-14)12-20/h13-16H,3-12H2,1-2H3. The Morgan fingerprint density at radius 1 is 1.07 bits per heavy atom. The van der Waals surface area contributed by atoms with E-state index in [2.05, 4.69) is 9.47 Å². The molecule has 0 amide bonds. The molecule has 1 unspecified atom stereocenters. The minimum absolute atomic E-state index is 0.0125. The van der Waals surface area contributed by atoms with Crippen molar-refractivity contribution >= 4 is 17.7 Å². The van der Waals surface area contributed by atoms with Gasteiger partial charge in [0.2, 0.25) is 0 Å². The van der Waals surface area contributed by atoms with Gasteiger partial charge in [-0.2, -0.15) is 8.78 Å². The second kappa shape index (κ2) is 8.07. The highest BCUT2D eigenvalue weighted by Crippen LogP contribution is 2.60. The molecule has 1 atom stereocenters. The third kappa shape index (κ3) is 4.38. The van der Waals surface area contributed by atoms with Gasteiger partial charge >= 0.3 is 18.0 Å². The van der Waals surface area contributed by atoms with Crippen LogP contribution in [0.4, 0.5) is 8.78 Å². The second-order valence-corrected chi connectivity index (χ2v) is 9.12. The van der Waals surface area contributed by atoms with Gasteiger partial charge in [0.25, 0.3) is 0 Å². The van der Waals surface area contributed by atoms with E-state index in [0.29, 0.717) is 43.4 Å². The molecule has 7 heteroatoms. The number of esters is 2. The summed E-state index contributed by atoms with van der Waals surface area (Å²) in [6, 6.07) is 0. The molecule has 0 aliphatic heterocycles. The molecule has 0 spiro atoms. The number of halogens is 2. The Kier molecular flexibility index (Phi) is 6.11. The Morgan fingerprint density at radius 3 is 2.11 bits per heavy atom. The molecule has 0 aromatic heterocycles. The lowest BCUT2D eigenvalue weighted by Gasteiger charge is -2.55. The summed E-state index contributed by atoms with van der Waals surface area (Å²) in [5.41, 5.74) is -0.860. The number of hydrogen-bond acceptors (Lipinski definition) is 5. The number of carbonyl (C=O) groups excluding carboxylic acids is 3. The molecule has 4 saturated carbocycles. The zero-order valence-electron chi connectivity index (χ0n) is 16.7. The molecule has 158 valence electrons. The SMILES string of the molecule is CCC(C)C(=O)CCCOC(=O)C(F)(F)OC(=O)C12CC3CC(CC(C3)C1)C2. The zero-order chi connectivity index (χ0) is 20.5. The summed E-state index contributed by atoms with van der Waals surface area (Å²) < 4.78 is 37.2. The van der Waals surface area contributed by atoms with Crippen LogP contribution >= 0.6 is 0 Å². The van der Waals surface area contributed by atoms with E-state index >= 15 is 0 Å². The van der Waals surface area contributed by atoms with Gasteiger partial charge in [0.05, 0.1) is 12.0 Å². The van der Waals surface area contributed by atoms with Crippen LogP contribution in [0.1, 0.15) is 71.6 Å². The van der Waals surface area contributed by atoms with Gasteiger partial charge < -0.3 is 9.47 Å². The lowest BCUT2D eigenvalue weighted by Crippen LogP contribution is -2.52. The highest BCUT2D eigenvalue weighted by Gasteiger charge is 2.58. The first-order valence-corrected chi connectivity index (χ1v) is 10.5. The third-order valence-corrected chi connectivity index (χ3v) is 6.89. The van der Waals surface area contributed by atoms with Gasteiger partial charge in [0, 0.05) is 12.3 Å². The molecule has 0 aromatic rings. The molecule has 4 fully saturated rings. The average molecular weight is 400 g/mol. The topological polar surface area (TPSA) is 69.7 Å². The van der Waals surface area contributed by atoms with Gasteiger partial charge in [-0.25, -0.2) is 4.79 Å². The predicted molar refractivity (Wildman–Crippen MR) is 96.3 cm³/mol. The van der Waals surface area contributed by atoms with Crippen molar-refractivity contribution in [2.75, 3.05) is 6.61 Å². The normalized spacial score (nSPS) is 32.1. The maximum absolute atomic E-state index is 14.1. The van der Waals surface area contributed by atoms with Crippen LogP contribution < -0.4 is 0 Å². The Bertz CT molecular complexity index is 595. The highest BCUT2D eigenvalue weighted by molar-refractivity contribution is 5.83. The maximum atomic E-state index is 14.1. The van der Waals surface area contributed by atoms with Crippen LogP contribution in [0.2, 0.25) is 0 Å². The number of rotatable bonds is 9. The summed E-state index contributed by atoms with van der Waals surface area (Å²) in [4.78, 5) is 36.0. The molecular weight excluding hydrogens is 370 g/mol. The lowest BCUT2D eigenvalue weighted by atomic mass is 9.49. The monoisotopic (exact) mass is 400 g/mol. The Balaban J connectivity index is 1.48. The highest BCUT2D eigenvalue weighted by atomic mass is 19.3. The molecule has 0 saturated heterocycles. The molecule has 4 aliphatic rings. The summed E-state index contributed by atoms with van der Waals surface area (Å²) in [6.45, 7) is 3.39. The van der Waals surface area contributed by atoms with E-state index in [-0.39, 0.29) is 31.1 Å². The first kappa shape index (κ1) is 21.2. The molecule has 28 heavy (non-hydrogen) atoms. The van der Waals surface area contributed by atoms with Crippen molar-refractivity contribution in [1.82, 2.24) is 0 Å². The van der Waals surface area contributed by atoms with Gasteiger partial charge in [0.15, 0.2) is 0 Å². The van der Waals surface area contributed by atoms with Crippen molar-refractivity contribution in [1.29, 1.82) is 0 Å². The lowest BCUT2D eigenvalue weighted by molar-refractivity contribution is -0.255. The van der Waals surface area contributed by atoms with Gasteiger partial charge in [0.1, 0.15) is 5.78 Å². The van der Waals surface area contributed by atoms with Gasteiger partial charge in [-0.05, 0) is 69.1 Å².